The van der Waals surface area contributed by atoms with Crippen LogP contribution in [0.4, 0.5) is 23.7 Å². The molecule has 3 rings (SSSR count). The molecule has 6 nitrogen and oxygen atoms in total. The van der Waals surface area contributed by atoms with Gasteiger partial charge in [0, 0.05) is 12.1 Å². The van der Waals surface area contributed by atoms with E-state index in [1.54, 1.807) is 12.1 Å². The van der Waals surface area contributed by atoms with Crippen molar-refractivity contribution in [1.82, 2.24) is 5.32 Å². The molecule has 0 fully saturated rings. The minimum Gasteiger partial charge on any atom is -0.352 e. The Kier molecular flexibility index (Phi) is 4.96. The fourth-order valence-corrected chi connectivity index (χ4v) is 3.15. The lowest BCUT2D eigenvalue weighted by atomic mass is 9.95. The minimum absolute atomic E-state index is 0.151. The highest BCUT2D eigenvalue weighted by atomic mass is 19.4. The van der Waals surface area contributed by atoms with Crippen molar-refractivity contribution in [2.75, 3.05) is 4.90 Å². The second-order valence-corrected chi connectivity index (χ2v) is 6.34. The summed E-state index contributed by atoms with van der Waals surface area (Å²) in [7, 11) is 0. The summed E-state index contributed by atoms with van der Waals surface area (Å²) >= 11 is 0. The van der Waals surface area contributed by atoms with Crippen molar-refractivity contribution < 1.29 is 22.8 Å². The fraction of sp³-hybridized carbons (Fsp3) is 0.211. The number of halogens is 3. The number of urea groups is 1. The highest BCUT2D eigenvalue weighted by Gasteiger charge is 2.35. The summed E-state index contributed by atoms with van der Waals surface area (Å²) in [6.45, 7) is -0.151. The van der Waals surface area contributed by atoms with Gasteiger partial charge in [-0.25, -0.2) is 4.79 Å². The lowest BCUT2D eigenvalue weighted by Gasteiger charge is -2.34. The third kappa shape index (κ3) is 3.91. The van der Waals surface area contributed by atoms with Crippen LogP contribution in [0.3, 0.4) is 0 Å². The summed E-state index contributed by atoms with van der Waals surface area (Å²) in [6, 6.07) is 9.51. The zero-order chi connectivity index (χ0) is 20.5. The number of nitrogens with zero attached hydrogens (tertiary/aromatic N) is 2. The third-order valence-electron chi connectivity index (χ3n) is 4.40. The summed E-state index contributed by atoms with van der Waals surface area (Å²) < 4.78 is 39.0. The molecular formula is C19H15F3N4O2. The van der Waals surface area contributed by atoms with E-state index in [0.29, 0.717) is 16.8 Å². The van der Waals surface area contributed by atoms with Crippen molar-refractivity contribution in [3.8, 4) is 6.07 Å². The fourth-order valence-electron chi connectivity index (χ4n) is 3.15. The molecule has 1 aliphatic rings. The summed E-state index contributed by atoms with van der Waals surface area (Å²) in [6.07, 6.45) is -4.34. The van der Waals surface area contributed by atoms with Crippen molar-refractivity contribution in [2.24, 2.45) is 5.73 Å². The van der Waals surface area contributed by atoms with Crippen LogP contribution in [0.15, 0.2) is 42.5 Å². The zero-order valence-corrected chi connectivity index (χ0v) is 14.5. The molecule has 9 heteroatoms. The summed E-state index contributed by atoms with van der Waals surface area (Å²) in [5, 5.41) is 11.5. The Morgan fingerprint density at radius 2 is 2.04 bits per heavy atom. The number of carbonyl (C=O) groups excluding carboxylic acids is 2. The average Bonchev–Trinajstić information content (AvgIpc) is 2.64. The maximum atomic E-state index is 13.0. The van der Waals surface area contributed by atoms with Gasteiger partial charge in [-0.05, 0) is 35.4 Å². The summed E-state index contributed by atoms with van der Waals surface area (Å²) in [5.41, 5.74) is 5.96. The molecule has 0 saturated carbocycles. The van der Waals surface area contributed by atoms with Gasteiger partial charge in [0.2, 0.25) is 5.91 Å². The Morgan fingerprint density at radius 1 is 1.29 bits per heavy atom. The first kappa shape index (κ1) is 19.2. The van der Waals surface area contributed by atoms with Crippen molar-refractivity contribution in [2.45, 2.75) is 25.2 Å². The number of carbonyl (C=O) groups is 2. The molecule has 0 spiro atoms. The monoisotopic (exact) mass is 388 g/mol. The van der Waals surface area contributed by atoms with Crippen LogP contribution in [0, 0.1) is 11.3 Å². The number of nitrogens with one attached hydrogen (secondary N) is 1. The number of hydrogen-bond acceptors (Lipinski definition) is 3. The third-order valence-corrected chi connectivity index (χ3v) is 4.40. The number of amides is 3. The molecule has 0 unspecified atom stereocenters. The number of anilines is 1. The maximum absolute atomic E-state index is 13.0. The lowest BCUT2D eigenvalue weighted by Crippen LogP contribution is -2.53. The highest BCUT2D eigenvalue weighted by Crippen LogP contribution is 2.33. The topological polar surface area (TPSA) is 99.2 Å². The predicted octanol–water partition coefficient (Wildman–Crippen LogP) is 2.70. The molecule has 0 saturated heterocycles. The molecule has 28 heavy (non-hydrogen) atoms. The van der Waals surface area contributed by atoms with Gasteiger partial charge in [0.15, 0.2) is 0 Å². The molecule has 2 aromatic rings. The molecule has 0 aromatic heterocycles. The van der Waals surface area contributed by atoms with E-state index in [4.69, 9.17) is 11.0 Å². The number of benzene rings is 2. The molecule has 1 heterocycles. The van der Waals surface area contributed by atoms with E-state index in [9.17, 15) is 22.8 Å². The van der Waals surface area contributed by atoms with Crippen LogP contribution in [-0.4, -0.2) is 18.0 Å². The van der Waals surface area contributed by atoms with Gasteiger partial charge in [0.05, 0.1) is 23.7 Å². The molecule has 1 atom stereocenters. The first-order chi connectivity index (χ1) is 13.2. The Labute approximate surface area is 158 Å². The average molecular weight is 388 g/mol. The highest BCUT2D eigenvalue weighted by molar-refractivity contribution is 6.01. The van der Waals surface area contributed by atoms with Crippen molar-refractivity contribution in [1.29, 1.82) is 5.26 Å². The van der Waals surface area contributed by atoms with Gasteiger partial charge in [-0.15, -0.1) is 0 Å². The van der Waals surface area contributed by atoms with Crippen LogP contribution in [0.5, 0.6) is 0 Å². The number of nitrogens with two attached hydrogens (primary N) is 1. The molecule has 0 aliphatic carbocycles. The smallest absolute Gasteiger partial charge is 0.352 e. The van der Waals surface area contributed by atoms with Crippen molar-refractivity contribution in [3.63, 3.8) is 0 Å². The quantitative estimate of drug-likeness (QED) is 0.846. The van der Waals surface area contributed by atoms with Gasteiger partial charge in [-0.3, -0.25) is 4.79 Å². The van der Waals surface area contributed by atoms with E-state index in [0.717, 1.165) is 12.1 Å². The molecule has 144 valence electrons. The normalized spacial score (nSPS) is 16.3. The number of hydrogen-bond donors (Lipinski definition) is 2. The SMILES string of the molecule is N#Cc1ccc2c(c1)N(Cc1cccc(C(F)(F)F)c1)C(=O)[C@H](NC(N)=O)C2. The van der Waals surface area contributed by atoms with Gasteiger partial charge in [-0.1, -0.05) is 18.2 Å². The largest absolute Gasteiger partial charge is 0.416 e. The van der Waals surface area contributed by atoms with Crippen LogP contribution >= 0.6 is 0 Å². The first-order valence-corrected chi connectivity index (χ1v) is 8.25. The van der Waals surface area contributed by atoms with E-state index < -0.39 is 29.7 Å². The van der Waals surface area contributed by atoms with E-state index in [1.165, 1.54) is 23.1 Å². The maximum Gasteiger partial charge on any atom is 0.416 e. The number of fused-ring (bicyclic) bond motifs is 1. The van der Waals surface area contributed by atoms with Crippen LogP contribution in [0.2, 0.25) is 0 Å². The van der Waals surface area contributed by atoms with Gasteiger partial charge in [0.25, 0.3) is 0 Å². The summed E-state index contributed by atoms with van der Waals surface area (Å²) in [4.78, 5) is 25.3. The van der Waals surface area contributed by atoms with Gasteiger partial charge >= 0.3 is 12.2 Å². The molecule has 0 bridgehead atoms. The number of primary amides is 1. The molecule has 0 radical (unpaired) electrons. The number of alkyl halides is 3. The number of nitriles is 1. The Balaban J connectivity index is 2.01. The van der Waals surface area contributed by atoms with E-state index in [-0.39, 0.29) is 18.5 Å². The van der Waals surface area contributed by atoms with Gasteiger partial charge in [-0.2, -0.15) is 18.4 Å². The Hall–Kier alpha value is -3.54. The lowest BCUT2D eigenvalue weighted by molar-refractivity contribution is -0.137. The molecule has 2 aromatic carbocycles. The molecule has 1 aliphatic heterocycles. The second-order valence-electron chi connectivity index (χ2n) is 6.34. The Morgan fingerprint density at radius 3 is 2.68 bits per heavy atom. The van der Waals surface area contributed by atoms with Crippen LogP contribution in [0.1, 0.15) is 22.3 Å². The van der Waals surface area contributed by atoms with Gasteiger partial charge < -0.3 is 16.0 Å². The van der Waals surface area contributed by atoms with E-state index >= 15 is 0 Å². The molecule has 3 N–H and O–H groups in total. The van der Waals surface area contributed by atoms with Crippen LogP contribution < -0.4 is 16.0 Å². The Bertz CT molecular complexity index is 982. The second kappa shape index (κ2) is 7.23. The van der Waals surface area contributed by atoms with Crippen molar-refractivity contribution in [3.05, 3.63) is 64.7 Å². The van der Waals surface area contributed by atoms with E-state index in [2.05, 4.69) is 5.32 Å². The molecule has 3 amide bonds. The molecular weight excluding hydrogens is 373 g/mol. The predicted molar refractivity (Wildman–Crippen MR) is 94.0 cm³/mol. The van der Waals surface area contributed by atoms with E-state index in [1.807, 2.05) is 6.07 Å². The van der Waals surface area contributed by atoms with Gasteiger partial charge in [0.1, 0.15) is 6.04 Å². The van der Waals surface area contributed by atoms with Crippen LogP contribution in [0.25, 0.3) is 0 Å². The van der Waals surface area contributed by atoms with Crippen LogP contribution in [-0.2, 0) is 23.9 Å². The van der Waals surface area contributed by atoms with Crippen molar-refractivity contribution >= 4 is 17.6 Å². The zero-order valence-electron chi connectivity index (χ0n) is 14.5. The minimum atomic E-state index is -4.51. The number of rotatable bonds is 3. The first-order valence-electron chi connectivity index (χ1n) is 8.25. The summed E-state index contributed by atoms with van der Waals surface area (Å²) in [5.74, 6) is -0.515. The standard InChI is InChI=1S/C19H15F3N4O2/c20-19(21,22)14-3-1-2-12(6-14)10-26-16-7-11(9-23)4-5-13(16)8-15(17(26)27)25-18(24)28/h1-7,15H,8,10H2,(H3,24,25,28)/t15-/m1/s1.